The normalized spacial score (nSPS) is 11.9. The number of unbranched alkanes of at least 4 members (excludes halogenated alkanes) is 15. The first-order valence-corrected chi connectivity index (χ1v) is 11.8. The van der Waals surface area contributed by atoms with Gasteiger partial charge in [-0.05, 0) is 6.42 Å². The van der Waals surface area contributed by atoms with E-state index in [4.69, 9.17) is 0 Å². The number of hydrogen-bond donors (Lipinski definition) is 0. The molecule has 5 heteroatoms. The Morgan fingerprint density at radius 2 is 0.913 bits per heavy atom. The molecule has 1 unspecified atom stereocenters. The van der Waals surface area contributed by atoms with E-state index >= 15 is 0 Å². The average molecular weight is 367 g/mol. The summed E-state index contributed by atoms with van der Waals surface area (Å²) in [7, 11) is -1.46. The molecule has 0 aromatic rings. The van der Waals surface area contributed by atoms with Crippen LogP contribution in [-0.2, 0) is 14.1 Å². The van der Waals surface area contributed by atoms with Crippen LogP contribution in [0.2, 0.25) is 0 Å². The molecule has 140 valence electrons. The van der Waals surface area contributed by atoms with Crippen molar-refractivity contribution in [1.82, 2.24) is 0 Å². The number of rotatable bonds is 18. The van der Waals surface area contributed by atoms with E-state index in [2.05, 4.69) is 10.9 Å². The van der Waals surface area contributed by atoms with Crippen molar-refractivity contribution in [2.24, 2.45) is 0 Å². The lowest BCUT2D eigenvalue weighted by Crippen LogP contribution is -2.04. The maximum absolute atomic E-state index is 11.1. The first-order chi connectivity index (χ1) is 11.1. The lowest BCUT2D eigenvalue weighted by molar-refractivity contribution is 0.509. The minimum atomic E-state index is -3.28. The molecule has 0 heterocycles. The second-order valence-corrected chi connectivity index (χ2v) is 8.95. The van der Waals surface area contributed by atoms with Crippen LogP contribution < -0.4 is 0 Å². The van der Waals surface area contributed by atoms with Crippen molar-refractivity contribution in [3.05, 3.63) is 0 Å². The van der Waals surface area contributed by atoms with E-state index in [1.165, 1.54) is 83.5 Å². The standard InChI is InChI=1S/C18H39O3PS/c1-2-3-4-5-6-7-8-9-10-11-12-13-14-15-16-17-18-23(19,20)21-22/h2-18,22H2,1H3. The summed E-state index contributed by atoms with van der Waals surface area (Å²) in [5.41, 5.74) is 0. The third-order valence-corrected chi connectivity index (χ3v) is 6.36. The minimum Gasteiger partial charge on any atom is -0.254 e. The van der Waals surface area contributed by atoms with E-state index in [1.807, 2.05) is 9.47 Å². The molecule has 0 N–H and O–H groups in total. The molecule has 0 bridgehead atoms. The van der Waals surface area contributed by atoms with Crippen LogP contribution >= 0.6 is 9.47 Å². The van der Waals surface area contributed by atoms with E-state index in [0.29, 0.717) is 0 Å². The topological polar surface area (TPSA) is 43.4 Å². The molecule has 0 aromatic carbocycles. The van der Waals surface area contributed by atoms with Gasteiger partial charge in [0.2, 0.25) is 0 Å². The van der Waals surface area contributed by atoms with E-state index in [0.717, 1.165) is 19.3 Å². The summed E-state index contributed by atoms with van der Waals surface area (Å²) in [5, 5.41) is 0. The van der Waals surface area contributed by atoms with Gasteiger partial charge in [-0.15, -0.1) is 0 Å². The van der Waals surface area contributed by atoms with E-state index in [9.17, 15) is 8.42 Å². The molecule has 0 radical (unpaired) electrons. The molecule has 0 aromatic heterocycles. The minimum absolute atomic E-state index is 0.148. The first-order valence-electron chi connectivity index (χ1n) is 9.73. The Balaban J connectivity index is 3.08. The fourth-order valence-electron chi connectivity index (χ4n) is 2.88. The Morgan fingerprint density at radius 1 is 0.609 bits per heavy atom. The Bertz CT molecular complexity index is 331. The predicted octanol–water partition coefficient (Wildman–Crippen LogP) is 6.38. The molecule has 1 atom stereocenters. The van der Waals surface area contributed by atoms with Gasteiger partial charge in [0.05, 0.1) is 5.75 Å². The molecular formula is C18H39O3PS. The monoisotopic (exact) mass is 366 g/mol. The van der Waals surface area contributed by atoms with E-state index in [1.54, 1.807) is 0 Å². The van der Waals surface area contributed by atoms with Gasteiger partial charge in [0.1, 0.15) is 0 Å². The average Bonchev–Trinajstić information content (AvgIpc) is 2.54. The third-order valence-electron chi connectivity index (χ3n) is 4.39. The second-order valence-electron chi connectivity index (χ2n) is 6.66. The molecule has 0 aliphatic rings. The third kappa shape index (κ3) is 18.5. The van der Waals surface area contributed by atoms with Crippen LogP contribution in [0.5, 0.6) is 0 Å². The van der Waals surface area contributed by atoms with Gasteiger partial charge >= 0.3 is 0 Å². The van der Waals surface area contributed by atoms with Crippen LogP contribution in [-0.4, -0.2) is 14.2 Å². The van der Waals surface area contributed by atoms with Crippen molar-refractivity contribution in [3.63, 3.8) is 0 Å². The van der Waals surface area contributed by atoms with Crippen molar-refractivity contribution in [2.75, 3.05) is 5.75 Å². The molecular weight excluding hydrogens is 327 g/mol. The maximum atomic E-state index is 11.1. The van der Waals surface area contributed by atoms with Crippen LogP contribution in [0.4, 0.5) is 0 Å². The summed E-state index contributed by atoms with van der Waals surface area (Å²) >= 11 is 0. The predicted molar refractivity (Wildman–Crippen MR) is 104 cm³/mol. The van der Waals surface area contributed by atoms with Gasteiger partial charge in [-0.25, -0.2) is 0 Å². The maximum Gasteiger partial charge on any atom is 0.269 e. The summed E-state index contributed by atoms with van der Waals surface area (Å²) in [6.07, 6.45) is 20.7. The summed E-state index contributed by atoms with van der Waals surface area (Å²) in [6.45, 7) is 2.27. The first kappa shape index (κ1) is 23.3. The Labute approximate surface area is 147 Å². The molecule has 0 fully saturated rings. The smallest absolute Gasteiger partial charge is 0.254 e. The molecule has 23 heavy (non-hydrogen) atoms. The zero-order chi connectivity index (χ0) is 17.2. The van der Waals surface area contributed by atoms with Crippen LogP contribution in [0.15, 0.2) is 0 Å². The van der Waals surface area contributed by atoms with Crippen LogP contribution in [0.25, 0.3) is 0 Å². The molecule has 0 saturated heterocycles. The molecule has 0 amide bonds. The van der Waals surface area contributed by atoms with Gasteiger partial charge in [0.15, 0.2) is 0 Å². The fraction of sp³-hybridized carbons (Fsp3) is 1.00. The van der Waals surface area contributed by atoms with Crippen molar-refractivity contribution < 1.29 is 12.4 Å². The van der Waals surface area contributed by atoms with Gasteiger partial charge < -0.3 is 0 Å². The summed E-state index contributed by atoms with van der Waals surface area (Å²) < 4.78 is 26.6. The van der Waals surface area contributed by atoms with Crippen molar-refractivity contribution in [3.8, 4) is 0 Å². The molecule has 0 aliphatic carbocycles. The second kappa shape index (κ2) is 17.2. The van der Waals surface area contributed by atoms with Gasteiger partial charge in [0.25, 0.3) is 10.1 Å². The lowest BCUT2D eigenvalue weighted by Gasteiger charge is -2.04. The van der Waals surface area contributed by atoms with Gasteiger partial charge in [-0.1, -0.05) is 103 Å². The van der Waals surface area contributed by atoms with Crippen molar-refractivity contribution in [2.45, 2.75) is 110 Å². The zero-order valence-electron chi connectivity index (χ0n) is 15.2. The van der Waals surface area contributed by atoms with Crippen LogP contribution in [0, 0.1) is 0 Å². The Hall–Kier alpha value is 0.340. The van der Waals surface area contributed by atoms with Crippen LogP contribution in [0.3, 0.4) is 0 Å². The van der Waals surface area contributed by atoms with Gasteiger partial charge in [0, 0.05) is 9.47 Å². The highest BCUT2D eigenvalue weighted by Crippen LogP contribution is 2.14. The highest BCUT2D eigenvalue weighted by Gasteiger charge is 2.07. The van der Waals surface area contributed by atoms with E-state index < -0.39 is 10.1 Å². The highest BCUT2D eigenvalue weighted by atomic mass is 32.2. The molecule has 0 saturated carbocycles. The summed E-state index contributed by atoms with van der Waals surface area (Å²) in [5.74, 6) is 0.148. The van der Waals surface area contributed by atoms with E-state index in [-0.39, 0.29) is 5.75 Å². The lowest BCUT2D eigenvalue weighted by atomic mass is 10.0. The molecule has 0 aliphatic heterocycles. The van der Waals surface area contributed by atoms with Crippen molar-refractivity contribution >= 4 is 19.6 Å². The highest BCUT2D eigenvalue weighted by molar-refractivity contribution is 7.88. The van der Waals surface area contributed by atoms with Crippen LogP contribution in [0.1, 0.15) is 110 Å². The Morgan fingerprint density at radius 3 is 1.22 bits per heavy atom. The molecule has 0 spiro atoms. The van der Waals surface area contributed by atoms with Gasteiger partial charge in [-0.3, -0.25) is 3.97 Å². The summed E-state index contributed by atoms with van der Waals surface area (Å²) in [4.78, 5) is 0. The Kier molecular flexibility index (Phi) is 17.4. The van der Waals surface area contributed by atoms with Crippen molar-refractivity contribution in [1.29, 1.82) is 0 Å². The molecule has 3 nitrogen and oxygen atoms in total. The largest absolute Gasteiger partial charge is 0.269 e. The fourth-order valence-corrected chi connectivity index (χ4v) is 3.82. The zero-order valence-corrected chi connectivity index (χ0v) is 17.2. The number of hydrogen-bond acceptors (Lipinski definition) is 3. The molecule has 0 rings (SSSR count). The summed E-state index contributed by atoms with van der Waals surface area (Å²) in [6, 6.07) is 0. The quantitative estimate of drug-likeness (QED) is 0.209. The SMILES string of the molecule is CCCCCCCCCCCCCCCCCCS(=O)(=O)OP. The van der Waals surface area contributed by atoms with Gasteiger partial charge in [-0.2, -0.15) is 8.42 Å².